The van der Waals surface area contributed by atoms with Crippen LogP contribution in [0.3, 0.4) is 0 Å². The van der Waals surface area contributed by atoms with Crippen LogP contribution < -0.4 is 16.2 Å². The molecular formula is C20H34N5O10P. The topological polar surface area (TPSA) is 207 Å². The van der Waals surface area contributed by atoms with Crippen LogP contribution in [0.2, 0.25) is 0 Å². The van der Waals surface area contributed by atoms with Crippen LogP contribution in [0.25, 0.3) is 0 Å². The summed E-state index contributed by atoms with van der Waals surface area (Å²) in [6.07, 6.45) is 0.259. The fourth-order valence-electron chi connectivity index (χ4n) is 2.24. The maximum atomic E-state index is 13.3. The van der Waals surface area contributed by atoms with Crippen molar-refractivity contribution in [2.75, 3.05) is 57.5 Å². The monoisotopic (exact) mass is 535 g/mol. The number of esters is 1. The number of nitrogens with two attached hydrogens (primary N) is 2. The molecule has 0 radical (unpaired) electrons. The summed E-state index contributed by atoms with van der Waals surface area (Å²) in [6.45, 7) is 6.33. The highest BCUT2D eigenvalue weighted by molar-refractivity contribution is 7.54. The molecule has 0 fully saturated rings. The van der Waals surface area contributed by atoms with Crippen molar-refractivity contribution < 1.29 is 46.9 Å². The van der Waals surface area contributed by atoms with E-state index in [2.05, 4.69) is 15.0 Å². The molecule has 0 amide bonds. The van der Waals surface area contributed by atoms with Gasteiger partial charge in [-0.1, -0.05) is 6.08 Å². The lowest BCUT2D eigenvalue weighted by molar-refractivity contribution is -0.140. The average Bonchev–Trinajstić information content (AvgIpc) is 2.77. The van der Waals surface area contributed by atoms with Crippen molar-refractivity contribution in [1.82, 2.24) is 15.0 Å². The van der Waals surface area contributed by atoms with Gasteiger partial charge >= 0.3 is 25.7 Å². The molecule has 1 heterocycles. The molecule has 1 unspecified atom stereocenters. The Morgan fingerprint density at radius 2 is 1.72 bits per heavy atom. The van der Waals surface area contributed by atoms with Crippen molar-refractivity contribution in [3.05, 3.63) is 11.6 Å². The standard InChI is InChI=1S/C20H34N5O10P/c1-5-29-8-6-9-33-36(28,34-13-32-20(27)35-14(2)3)10-7-16(11-30-15(4)26)12-31-19-24-17(21)23-18(22)25-19/h7,14H,5-6,8-13H2,1-4H3,(H4,21,22,23,24,25). The number of hydrogen-bond acceptors (Lipinski definition) is 15. The van der Waals surface area contributed by atoms with Gasteiger partial charge < -0.3 is 39.7 Å². The lowest BCUT2D eigenvalue weighted by Gasteiger charge is -2.18. The Balaban J connectivity index is 2.90. The normalized spacial score (nSPS) is 13.2. The molecule has 16 heteroatoms. The predicted molar refractivity (Wildman–Crippen MR) is 127 cm³/mol. The van der Waals surface area contributed by atoms with E-state index in [1.54, 1.807) is 13.8 Å². The lowest BCUT2D eigenvalue weighted by atomic mass is 10.3. The average molecular weight is 535 g/mol. The summed E-state index contributed by atoms with van der Waals surface area (Å²) in [7, 11) is -3.81. The first kappa shape index (κ1) is 31.0. The summed E-state index contributed by atoms with van der Waals surface area (Å²) in [4.78, 5) is 34.1. The van der Waals surface area contributed by atoms with Gasteiger partial charge in [-0.2, -0.15) is 15.0 Å². The summed E-state index contributed by atoms with van der Waals surface area (Å²) in [5.41, 5.74) is 11.4. The third-order valence-electron chi connectivity index (χ3n) is 3.78. The molecule has 0 bridgehead atoms. The van der Waals surface area contributed by atoms with E-state index in [-0.39, 0.29) is 43.9 Å². The molecule has 0 spiro atoms. The van der Waals surface area contributed by atoms with Gasteiger partial charge in [-0.3, -0.25) is 13.9 Å². The van der Waals surface area contributed by atoms with E-state index in [0.717, 1.165) is 0 Å². The number of allylic oxidation sites excluding steroid dienone is 1. The predicted octanol–water partition coefficient (Wildman–Crippen LogP) is 2.08. The van der Waals surface area contributed by atoms with Gasteiger partial charge in [0, 0.05) is 25.7 Å². The second-order valence-electron chi connectivity index (χ2n) is 7.25. The molecule has 36 heavy (non-hydrogen) atoms. The smallest absolute Gasteiger partial charge is 0.461 e. The van der Waals surface area contributed by atoms with E-state index in [1.165, 1.54) is 13.0 Å². The number of aromatic nitrogens is 3. The third-order valence-corrected chi connectivity index (χ3v) is 5.49. The van der Waals surface area contributed by atoms with E-state index in [0.29, 0.717) is 25.2 Å². The fourth-order valence-corrected chi connectivity index (χ4v) is 3.63. The fraction of sp³-hybridized carbons (Fsp3) is 0.650. The number of anilines is 2. The molecule has 0 aliphatic carbocycles. The number of nitrogens with zero attached hydrogens (tertiary/aromatic N) is 3. The highest BCUT2D eigenvalue weighted by atomic mass is 31.2. The van der Waals surface area contributed by atoms with Gasteiger partial charge in [0.2, 0.25) is 18.7 Å². The minimum atomic E-state index is -3.81. The van der Waals surface area contributed by atoms with E-state index >= 15 is 0 Å². The number of nitrogen functional groups attached to an aromatic ring is 2. The van der Waals surface area contributed by atoms with Crippen molar-refractivity contribution in [3.63, 3.8) is 0 Å². The van der Waals surface area contributed by atoms with Crippen LogP contribution in [0.15, 0.2) is 11.6 Å². The first-order chi connectivity index (χ1) is 17.0. The van der Waals surface area contributed by atoms with Gasteiger partial charge in [0.15, 0.2) is 0 Å². The molecule has 1 atom stereocenters. The zero-order valence-electron chi connectivity index (χ0n) is 20.8. The molecule has 15 nitrogen and oxygen atoms in total. The summed E-state index contributed by atoms with van der Waals surface area (Å²) >= 11 is 0. The first-order valence-corrected chi connectivity index (χ1v) is 12.8. The Morgan fingerprint density at radius 1 is 1.03 bits per heavy atom. The van der Waals surface area contributed by atoms with Crippen LogP contribution in [0.4, 0.5) is 16.7 Å². The maximum absolute atomic E-state index is 13.3. The number of hydrogen-bond donors (Lipinski definition) is 2. The number of ether oxygens (including phenoxy) is 5. The second-order valence-corrected chi connectivity index (χ2v) is 9.35. The highest BCUT2D eigenvalue weighted by Gasteiger charge is 2.25. The Bertz CT molecular complexity index is 895. The highest BCUT2D eigenvalue weighted by Crippen LogP contribution is 2.48. The van der Waals surface area contributed by atoms with E-state index in [1.807, 2.05) is 6.92 Å². The Hall–Kier alpha value is -3.00. The van der Waals surface area contributed by atoms with Crippen molar-refractivity contribution >= 4 is 31.6 Å². The molecule has 1 rings (SSSR count). The van der Waals surface area contributed by atoms with Crippen LogP contribution >= 0.6 is 7.60 Å². The van der Waals surface area contributed by atoms with E-state index in [4.69, 9.17) is 44.2 Å². The molecule has 0 saturated carbocycles. The van der Waals surface area contributed by atoms with Gasteiger partial charge in [-0.15, -0.1) is 0 Å². The van der Waals surface area contributed by atoms with Crippen molar-refractivity contribution in [3.8, 4) is 6.01 Å². The number of rotatable bonds is 17. The third kappa shape index (κ3) is 14.4. The molecule has 0 saturated heterocycles. The van der Waals surface area contributed by atoms with E-state index in [9.17, 15) is 14.2 Å². The van der Waals surface area contributed by atoms with Crippen LogP contribution in [-0.2, 0) is 37.4 Å². The summed E-state index contributed by atoms with van der Waals surface area (Å²) in [6, 6.07) is -0.155. The first-order valence-electron chi connectivity index (χ1n) is 11.0. The molecule has 4 N–H and O–H groups in total. The summed E-state index contributed by atoms with van der Waals surface area (Å²) in [5, 5.41) is 0. The molecule has 1 aromatic rings. The van der Waals surface area contributed by atoms with Crippen LogP contribution in [0.5, 0.6) is 6.01 Å². The van der Waals surface area contributed by atoms with Crippen molar-refractivity contribution in [2.45, 2.75) is 40.2 Å². The zero-order chi connectivity index (χ0) is 27.0. The second kappa shape index (κ2) is 16.6. The van der Waals surface area contributed by atoms with Gasteiger partial charge in [-0.25, -0.2) is 4.79 Å². The largest absolute Gasteiger partial charge is 0.510 e. The Labute approximate surface area is 209 Å². The van der Waals surface area contributed by atoms with Crippen LogP contribution in [-0.4, -0.2) is 79.2 Å². The lowest BCUT2D eigenvalue weighted by Crippen LogP contribution is -2.15. The van der Waals surface area contributed by atoms with Gasteiger partial charge in [0.25, 0.3) is 0 Å². The van der Waals surface area contributed by atoms with E-state index < -0.39 is 32.6 Å². The Morgan fingerprint density at radius 3 is 2.33 bits per heavy atom. The minimum absolute atomic E-state index is 0.0563. The zero-order valence-corrected chi connectivity index (χ0v) is 21.7. The number of carbonyl (C=O) groups is 2. The maximum Gasteiger partial charge on any atom is 0.510 e. The SMILES string of the molecule is CCOCCCOP(=O)(CC=C(COC(C)=O)COc1nc(N)nc(N)n1)OCOC(=O)OC(C)C. The summed E-state index contributed by atoms with van der Waals surface area (Å²) in [5.74, 6) is -0.826. The molecular weight excluding hydrogens is 501 g/mol. The number of carbonyl (C=O) groups excluding carboxylic acids is 2. The summed E-state index contributed by atoms with van der Waals surface area (Å²) < 4.78 is 49.3. The van der Waals surface area contributed by atoms with Crippen LogP contribution in [0.1, 0.15) is 34.1 Å². The molecule has 0 aromatic carbocycles. The molecule has 0 aliphatic rings. The molecule has 204 valence electrons. The van der Waals surface area contributed by atoms with Gasteiger partial charge in [-0.05, 0) is 27.2 Å². The Kier molecular flexibility index (Phi) is 14.3. The molecule has 1 aromatic heterocycles. The van der Waals surface area contributed by atoms with Crippen molar-refractivity contribution in [1.29, 1.82) is 0 Å². The van der Waals surface area contributed by atoms with Gasteiger partial charge in [0.1, 0.15) is 13.2 Å². The van der Waals surface area contributed by atoms with Crippen LogP contribution in [0, 0.1) is 0 Å². The molecule has 0 aliphatic heterocycles. The van der Waals surface area contributed by atoms with Crippen molar-refractivity contribution in [2.24, 2.45) is 0 Å². The minimum Gasteiger partial charge on any atom is -0.461 e. The quantitative estimate of drug-likeness (QED) is 0.0962. The van der Waals surface area contributed by atoms with Gasteiger partial charge in [0.05, 0.1) is 18.9 Å².